The van der Waals surface area contributed by atoms with E-state index in [-0.39, 0.29) is 0 Å². The quantitative estimate of drug-likeness (QED) is 0.704. The van der Waals surface area contributed by atoms with E-state index in [1.165, 1.54) is 5.56 Å². The maximum Gasteiger partial charge on any atom is 0.133 e. The van der Waals surface area contributed by atoms with Crippen molar-refractivity contribution >= 4 is 15.9 Å². The third-order valence-electron chi connectivity index (χ3n) is 2.76. The van der Waals surface area contributed by atoms with Gasteiger partial charge in [0.05, 0.1) is 11.1 Å². The Hall–Kier alpha value is -0.580. The second kappa shape index (κ2) is 9.34. The zero-order chi connectivity index (χ0) is 14.1. The van der Waals surface area contributed by atoms with Gasteiger partial charge in [0.15, 0.2) is 0 Å². The molecule has 0 aliphatic heterocycles. The van der Waals surface area contributed by atoms with E-state index >= 15 is 0 Å². The van der Waals surface area contributed by atoms with Crippen LogP contribution in [0.1, 0.15) is 25.3 Å². The van der Waals surface area contributed by atoms with Crippen molar-refractivity contribution < 1.29 is 4.74 Å². The molecule has 0 amide bonds. The molecular weight excluding hydrogens is 304 g/mol. The fourth-order valence-corrected chi connectivity index (χ4v) is 2.28. The van der Waals surface area contributed by atoms with Gasteiger partial charge in [-0.1, -0.05) is 13.0 Å². The highest BCUT2D eigenvalue weighted by molar-refractivity contribution is 9.10. The summed E-state index contributed by atoms with van der Waals surface area (Å²) in [5.41, 5.74) is 1.28. The lowest BCUT2D eigenvalue weighted by Crippen LogP contribution is -2.15. The fraction of sp³-hybridized carbons (Fsp3) is 0.600. The maximum atomic E-state index is 5.77. The summed E-state index contributed by atoms with van der Waals surface area (Å²) in [6, 6.07) is 6.29. The minimum Gasteiger partial charge on any atom is -0.492 e. The van der Waals surface area contributed by atoms with Gasteiger partial charge in [-0.2, -0.15) is 0 Å². The summed E-state index contributed by atoms with van der Waals surface area (Å²) in [7, 11) is 4.15. The van der Waals surface area contributed by atoms with E-state index in [2.05, 4.69) is 59.3 Å². The van der Waals surface area contributed by atoms with Crippen LogP contribution < -0.4 is 10.1 Å². The summed E-state index contributed by atoms with van der Waals surface area (Å²) >= 11 is 3.57. The molecule has 0 atom stereocenters. The third-order valence-corrected chi connectivity index (χ3v) is 3.38. The summed E-state index contributed by atoms with van der Waals surface area (Å²) in [4.78, 5) is 2.17. The predicted molar refractivity (Wildman–Crippen MR) is 84.8 cm³/mol. The molecule has 1 N–H and O–H groups in total. The molecule has 0 fully saturated rings. The molecule has 0 spiro atoms. The number of nitrogens with one attached hydrogen (secondary N) is 1. The Kier molecular flexibility index (Phi) is 8.10. The first-order valence-corrected chi connectivity index (χ1v) is 7.69. The number of benzene rings is 1. The summed E-state index contributed by atoms with van der Waals surface area (Å²) in [6.45, 7) is 5.95. The molecule has 108 valence electrons. The number of rotatable bonds is 9. The Bertz CT molecular complexity index is 369. The number of hydrogen-bond donors (Lipinski definition) is 1. The van der Waals surface area contributed by atoms with Crippen LogP contribution in [0.3, 0.4) is 0 Å². The first-order chi connectivity index (χ1) is 9.13. The Morgan fingerprint density at radius 2 is 2.11 bits per heavy atom. The van der Waals surface area contributed by atoms with Crippen molar-refractivity contribution in [3.63, 3.8) is 0 Å². The van der Waals surface area contributed by atoms with Gasteiger partial charge in [0, 0.05) is 13.1 Å². The maximum absolute atomic E-state index is 5.77. The molecule has 0 saturated carbocycles. The SMILES string of the molecule is CCCNCc1ccc(OCCCN(C)C)c(Br)c1. The number of halogens is 1. The van der Waals surface area contributed by atoms with E-state index in [0.717, 1.165) is 49.3 Å². The monoisotopic (exact) mass is 328 g/mol. The molecule has 1 aromatic carbocycles. The van der Waals surface area contributed by atoms with Crippen LogP contribution in [0, 0.1) is 0 Å². The lowest BCUT2D eigenvalue weighted by molar-refractivity contribution is 0.280. The second-order valence-electron chi connectivity index (χ2n) is 4.95. The largest absolute Gasteiger partial charge is 0.492 e. The van der Waals surface area contributed by atoms with Crippen LogP contribution >= 0.6 is 15.9 Å². The van der Waals surface area contributed by atoms with E-state index in [0.29, 0.717) is 0 Å². The predicted octanol–water partition coefficient (Wildman–Crippen LogP) is 3.28. The number of nitrogens with zero attached hydrogens (tertiary/aromatic N) is 1. The molecule has 0 radical (unpaired) electrons. The van der Waals surface area contributed by atoms with Crippen LogP contribution in [-0.2, 0) is 6.54 Å². The van der Waals surface area contributed by atoms with Crippen molar-refractivity contribution in [3.8, 4) is 5.75 Å². The lowest BCUT2D eigenvalue weighted by atomic mass is 10.2. The van der Waals surface area contributed by atoms with Gasteiger partial charge in [0.1, 0.15) is 5.75 Å². The zero-order valence-electron chi connectivity index (χ0n) is 12.2. The van der Waals surface area contributed by atoms with E-state index in [1.54, 1.807) is 0 Å². The van der Waals surface area contributed by atoms with Gasteiger partial charge in [0.25, 0.3) is 0 Å². The van der Waals surface area contributed by atoms with Crippen LogP contribution in [0.2, 0.25) is 0 Å². The van der Waals surface area contributed by atoms with Crippen LogP contribution in [0.25, 0.3) is 0 Å². The van der Waals surface area contributed by atoms with Crippen molar-refractivity contribution in [2.24, 2.45) is 0 Å². The van der Waals surface area contributed by atoms with Crippen molar-refractivity contribution in [2.75, 3.05) is 33.8 Å². The van der Waals surface area contributed by atoms with E-state index < -0.39 is 0 Å². The molecule has 0 aliphatic carbocycles. The van der Waals surface area contributed by atoms with Gasteiger partial charge < -0.3 is 15.0 Å². The Labute approximate surface area is 125 Å². The molecule has 0 aromatic heterocycles. The highest BCUT2D eigenvalue weighted by atomic mass is 79.9. The van der Waals surface area contributed by atoms with Gasteiger partial charge in [-0.3, -0.25) is 0 Å². The zero-order valence-corrected chi connectivity index (χ0v) is 13.8. The van der Waals surface area contributed by atoms with E-state index in [4.69, 9.17) is 4.74 Å². The first kappa shape index (κ1) is 16.5. The van der Waals surface area contributed by atoms with Gasteiger partial charge in [0.2, 0.25) is 0 Å². The number of ether oxygens (including phenoxy) is 1. The second-order valence-corrected chi connectivity index (χ2v) is 5.80. The van der Waals surface area contributed by atoms with Gasteiger partial charge >= 0.3 is 0 Å². The highest BCUT2D eigenvalue weighted by Crippen LogP contribution is 2.26. The first-order valence-electron chi connectivity index (χ1n) is 6.90. The third kappa shape index (κ3) is 6.95. The average molecular weight is 329 g/mol. The summed E-state index contributed by atoms with van der Waals surface area (Å²) < 4.78 is 6.81. The normalized spacial score (nSPS) is 11.0. The molecule has 3 nitrogen and oxygen atoms in total. The average Bonchev–Trinajstić information content (AvgIpc) is 2.36. The molecule has 0 heterocycles. The van der Waals surface area contributed by atoms with Crippen LogP contribution in [-0.4, -0.2) is 38.7 Å². The van der Waals surface area contributed by atoms with E-state index in [1.807, 2.05) is 6.07 Å². The molecule has 0 unspecified atom stereocenters. The Balaban J connectivity index is 2.39. The van der Waals surface area contributed by atoms with Crippen molar-refractivity contribution in [3.05, 3.63) is 28.2 Å². The molecule has 0 bridgehead atoms. The van der Waals surface area contributed by atoms with Gasteiger partial charge in [-0.25, -0.2) is 0 Å². The number of hydrogen-bond acceptors (Lipinski definition) is 3. The smallest absolute Gasteiger partial charge is 0.133 e. The minimum absolute atomic E-state index is 0.754. The molecule has 0 aliphatic rings. The van der Waals surface area contributed by atoms with E-state index in [9.17, 15) is 0 Å². The summed E-state index contributed by atoms with van der Waals surface area (Å²) in [5.74, 6) is 0.929. The standard InChI is InChI=1S/C15H25BrN2O/c1-4-8-17-12-13-6-7-15(14(16)11-13)19-10-5-9-18(2)3/h6-7,11,17H,4-5,8-10,12H2,1-3H3. The van der Waals surface area contributed by atoms with Crippen LogP contribution in [0.5, 0.6) is 5.75 Å². The highest BCUT2D eigenvalue weighted by Gasteiger charge is 2.03. The Morgan fingerprint density at radius 1 is 1.32 bits per heavy atom. The molecule has 0 saturated heterocycles. The molecule has 4 heteroatoms. The summed E-state index contributed by atoms with van der Waals surface area (Å²) in [5, 5.41) is 3.40. The van der Waals surface area contributed by atoms with Gasteiger partial charge in [-0.05, 0) is 67.1 Å². The van der Waals surface area contributed by atoms with Crippen molar-refractivity contribution in [1.29, 1.82) is 0 Å². The van der Waals surface area contributed by atoms with Crippen LogP contribution in [0.4, 0.5) is 0 Å². The van der Waals surface area contributed by atoms with Crippen molar-refractivity contribution in [1.82, 2.24) is 10.2 Å². The molecule has 1 aromatic rings. The summed E-state index contributed by atoms with van der Waals surface area (Å²) in [6.07, 6.45) is 2.20. The lowest BCUT2D eigenvalue weighted by Gasteiger charge is -2.12. The molecular formula is C15H25BrN2O. The van der Waals surface area contributed by atoms with Crippen LogP contribution in [0.15, 0.2) is 22.7 Å². The van der Waals surface area contributed by atoms with Gasteiger partial charge in [-0.15, -0.1) is 0 Å². The molecule has 1 rings (SSSR count). The topological polar surface area (TPSA) is 24.5 Å². The molecule has 19 heavy (non-hydrogen) atoms. The fourth-order valence-electron chi connectivity index (χ4n) is 1.74. The minimum atomic E-state index is 0.754. The van der Waals surface area contributed by atoms with Crippen molar-refractivity contribution in [2.45, 2.75) is 26.3 Å². The Morgan fingerprint density at radius 3 is 2.74 bits per heavy atom.